The molecule has 1 N–H and O–H groups in total. The molecule has 0 spiro atoms. The number of nitrogens with zero attached hydrogens (tertiary/aromatic N) is 2. The number of rotatable bonds is 5. The van der Waals surface area contributed by atoms with Gasteiger partial charge in [0, 0.05) is 31.0 Å². The number of amides is 1. The highest BCUT2D eigenvalue weighted by Crippen LogP contribution is 2.34. The summed E-state index contributed by atoms with van der Waals surface area (Å²) in [7, 11) is 0. The van der Waals surface area contributed by atoms with Crippen molar-refractivity contribution in [1.29, 1.82) is 0 Å². The first-order valence-corrected chi connectivity index (χ1v) is 10.4. The van der Waals surface area contributed by atoms with Gasteiger partial charge in [0.25, 0.3) is 5.91 Å². The summed E-state index contributed by atoms with van der Waals surface area (Å²) in [5.41, 5.74) is -0.317. The van der Waals surface area contributed by atoms with E-state index in [9.17, 15) is 22.8 Å². The van der Waals surface area contributed by atoms with Gasteiger partial charge in [0.1, 0.15) is 5.82 Å². The third kappa shape index (κ3) is 5.29. The van der Waals surface area contributed by atoms with E-state index >= 15 is 0 Å². The maximum atomic E-state index is 12.7. The minimum absolute atomic E-state index is 0.120. The summed E-state index contributed by atoms with van der Waals surface area (Å²) in [5, 5.41) is 2.68. The Bertz CT molecular complexity index is 1020. The molecule has 11 heteroatoms. The maximum Gasteiger partial charge on any atom is 0.417 e. The Labute approximate surface area is 187 Å². The zero-order chi connectivity index (χ0) is 23.6. The fraction of sp³-hybridized carbons (Fsp3) is 0.409. The Kier molecular flexibility index (Phi) is 6.30. The van der Waals surface area contributed by atoms with Gasteiger partial charge in [0.15, 0.2) is 17.6 Å². The van der Waals surface area contributed by atoms with Crippen LogP contribution in [-0.4, -0.2) is 42.8 Å². The van der Waals surface area contributed by atoms with Crippen LogP contribution in [0.4, 0.5) is 24.7 Å². The van der Waals surface area contributed by atoms with Gasteiger partial charge in [0.05, 0.1) is 11.5 Å². The van der Waals surface area contributed by atoms with Crippen LogP contribution in [0.2, 0.25) is 0 Å². The molecule has 3 heterocycles. The van der Waals surface area contributed by atoms with E-state index in [0.717, 1.165) is 12.3 Å². The summed E-state index contributed by atoms with van der Waals surface area (Å²) in [5.74, 6) is 0.164. The molecule has 1 atom stereocenters. The van der Waals surface area contributed by atoms with Crippen molar-refractivity contribution in [3.8, 4) is 11.5 Å². The summed E-state index contributed by atoms with van der Waals surface area (Å²) in [6, 6.07) is 7.27. The molecule has 2 aromatic rings. The number of alkyl halides is 3. The number of anilines is 2. The number of aromatic nitrogens is 1. The predicted molar refractivity (Wildman–Crippen MR) is 111 cm³/mol. The van der Waals surface area contributed by atoms with Crippen molar-refractivity contribution in [2.24, 2.45) is 5.92 Å². The minimum Gasteiger partial charge on any atom is -0.454 e. The van der Waals surface area contributed by atoms with Crippen LogP contribution in [0.15, 0.2) is 36.5 Å². The van der Waals surface area contributed by atoms with E-state index in [-0.39, 0.29) is 6.79 Å². The number of halogens is 3. The third-order valence-electron chi connectivity index (χ3n) is 5.53. The summed E-state index contributed by atoms with van der Waals surface area (Å²) in [4.78, 5) is 30.6. The number of hydrogen-bond donors (Lipinski definition) is 1. The molecule has 1 aromatic carbocycles. The van der Waals surface area contributed by atoms with Crippen molar-refractivity contribution in [3.63, 3.8) is 0 Å². The number of carbonyl (C=O) groups is 2. The van der Waals surface area contributed by atoms with Crippen LogP contribution >= 0.6 is 0 Å². The number of esters is 1. The maximum absolute atomic E-state index is 12.7. The molecule has 0 saturated carbocycles. The second-order valence-electron chi connectivity index (χ2n) is 7.80. The highest BCUT2D eigenvalue weighted by Gasteiger charge is 2.32. The number of fused-ring (bicyclic) bond motifs is 1. The number of piperidine rings is 1. The summed E-state index contributed by atoms with van der Waals surface area (Å²) < 4.78 is 53.9. The lowest BCUT2D eigenvalue weighted by Crippen LogP contribution is -2.39. The first-order valence-electron chi connectivity index (χ1n) is 10.4. The quantitative estimate of drug-likeness (QED) is 0.675. The second-order valence-corrected chi connectivity index (χ2v) is 7.80. The zero-order valence-corrected chi connectivity index (χ0v) is 17.7. The van der Waals surface area contributed by atoms with Gasteiger partial charge in [-0.1, -0.05) is 0 Å². The van der Waals surface area contributed by atoms with Crippen molar-refractivity contribution >= 4 is 23.4 Å². The van der Waals surface area contributed by atoms with Crippen LogP contribution in [0, 0.1) is 5.92 Å². The molecule has 1 fully saturated rings. The van der Waals surface area contributed by atoms with Gasteiger partial charge in [-0.2, -0.15) is 13.2 Å². The average molecular weight is 465 g/mol. The number of benzene rings is 1. The van der Waals surface area contributed by atoms with Crippen LogP contribution in [0.3, 0.4) is 0 Å². The molecule has 0 radical (unpaired) electrons. The third-order valence-corrected chi connectivity index (χ3v) is 5.53. The van der Waals surface area contributed by atoms with Crippen LogP contribution in [0.1, 0.15) is 25.3 Å². The Hall–Kier alpha value is -3.50. The van der Waals surface area contributed by atoms with E-state index in [1.807, 2.05) is 4.90 Å². The summed E-state index contributed by atoms with van der Waals surface area (Å²) in [6.07, 6.45) is -3.75. The molecule has 1 unspecified atom stereocenters. The Morgan fingerprint density at radius 2 is 1.88 bits per heavy atom. The lowest BCUT2D eigenvalue weighted by Gasteiger charge is -2.32. The number of pyridine rings is 1. The molecule has 33 heavy (non-hydrogen) atoms. The number of carbonyl (C=O) groups excluding carboxylic acids is 2. The second kappa shape index (κ2) is 9.16. The van der Waals surface area contributed by atoms with Gasteiger partial charge in [0.2, 0.25) is 6.79 Å². The molecule has 176 valence electrons. The molecule has 4 rings (SSSR count). The molecule has 2 aliphatic heterocycles. The molecular formula is C22H22F3N3O5. The Morgan fingerprint density at radius 1 is 1.15 bits per heavy atom. The van der Waals surface area contributed by atoms with Crippen molar-refractivity contribution in [3.05, 3.63) is 42.1 Å². The van der Waals surface area contributed by atoms with Gasteiger partial charge >= 0.3 is 12.1 Å². The van der Waals surface area contributed by atoms with Crippen molar-refractivity contribution in [2.45, 2.75) is 32.0 Å². The fourth-order valence-corrected chi connectivity index (χ4v) is 3.63. The van der Waals surface area contributed by atoms with Crippen LogP contribution in [0.25, 0.3) is 0 Å². The summed E-state index contributed by atoms with van der Waals surface area (Å²) in [6.45, 7) is 2.49. The van der Waals surface area contributed by atoms with Gasteiger partial charge in [-0.05, 0) is 44.0 Å². The standard InChI is InChI=1S/C22H22F3N3O5/c1-13(20(29)27-16-3-4-17-18(10-16)32-12-31-17)33-21(30)14-6-8-28(9-7-14)19-5-2-15(11-26-19)22(23,24)25/h2-5,10-11,13-14H,6-9,12H2,1H3,(H,27,29). The molecule has 2 aliphatic rings. The fourth-order valence-electron chi connectivity index (χ4n) is 3.63. The van der Waals surface area contributed by atoms with Gasteiger partial charge in [-0.3, -0.25) is 9.59 Å². The topological polar surface area (TPSA) is 90.0 Å². The normalized spacial score (nSPS) is 16.9. The number of ether oxygens (including phenoxy) is 3. The zero-order valence-electron chi connectivity index (χ0n) is 17.7. The first-order chi connectivity index (χ1) is 15.7. The molecular weight excluding hydrogens is 443 g/mol. The van der Waals surface area contributed by atoms with Crippen molar-refractivity contribution in [1.82, 2.24) is 4.98 Å². The Balaban J connectivity index is 1.26. The lowest BCUT2D eigenvalue weighted by atomic mass is 9.97. The summed E-state index contributed by atoms with van der Waals surface area (Å²) >= 11 is 0. The molecule has 1 aromatic heterocycles. The van der Waals surface area contributed by atoms with E-state index in [4.69, 9.17) is 14.2 Å². The molecule has 0 bridgehead atoms. The van der Waals surface area contributed by atoms with E-state index in [0.29, 0.717) is 48.9 Å². The van der Waals surface area contributed by atoms with Crippen molar-refractivity contribution < 1.29 is 37.0 Å². The minimum atomic E-state index is -4.44. The van der Waals surface area contributed by atoms with Crippen LogP contribution in [0.5, 0.6) is 11.5 Å². The van der Waals surface area contributed by atoms with Gasteiger partial charge in [-0.25, -0.2) is 4.98 Å². The average Bonchev–Trinajstić information content (AvgIpc) is 3.26. The Morgan fingerprint density at radius 3 is 2.55 bits per heavy atom. The van der Waals surface area contributed by atoms with Gasteiger partial charge in [-0.15, -0.1) is 0 Å². The highest BCUT2D eigenvalue weighted by atomic mass is 19.4. The SMILES string of the molecule is CC(OC(=O)C1CCN(c2ccc(C(F)(F)F)cn2)CC1)C(=O)Nc1ccc2c(c1)OCO2. The monoisotopic (exact) mass is 465 g/mol. The molecule has 1 saturated heterocycles. The number of nitrogens with one attached hydrogen (secondary N) is 1. The number of hydrogen-bond acceptors (Lipinski definition) is 7. The van der Waals surface area contributed by atoms with E-state index < -0.39 is 35.6 Å². The van der Waals surface area contributed by atoms with Crippen LogP contribution < -0.4 is 19.7 Å². The predicted octanol–water partition coefficient (Wildman–Crippen LogP) is 3.62. The van der Waals surface area contributed by atoms with E-state index in [1.165, 1.54) is 13.0 Å². The van der Waals surface area contributed by atoms with Crippen LogP contribution in [-0.2, 0) is 20.5 Å². The lowest BCUT2D eigenvalue weighted by molar-refractivity contribution is -0.158. The molecule has 0 aliphatic carbocycles. The molecule has 1 amide bonds. The van der Waals surface area contributed by atoms with Crippen molar-refractivity contribution in [2.75, 3.05) is 30.1 Å². The largest absolute Gasteiger partial charge is 0.454 e. The van der Waals surface area contributed by atoms with E-state index in [1.54, 1.807) is 18.2 Å². The van der Waals surface area contributed by atoms with Gasteiger partial charge < -0.3 is 24.4 Å². The molecule has 8 nitrogen and oxygen atoms in total. The first kappa shape index (κ1) is 22.7. The highest BCUT2D eigenvalue weighted by molar-refractivity contribution is 5.95. The van der Waals surface area contributed by atoms with E-state index in [2.05, 4.69) is 10.3 Å². The smallest absolute Gasteiger partial charge is 0.417 e.